The third kappa shape index (κ3) is 3.11. The van der Waals surface area contributed by atoms with Crippen LogP contribution in [0.1, 0.15) is 34.3 Å². The van der Waals surface area contributed by atoms with Gasteiger partial charge in [-0.2, -0.15) is 13.2 Å². The first-order valence-corrected chi connectivity index (χ1v) is 10.7. The highest BCUT2D eigenvalue weighted by Crippen LogP contribution is 2.71. The van der Waals surface area contributed by atoms with Gasteiger partial charge in [-0.3, -0.25) is 9.78 Å². The fourth-order valence-electron chi connectivity index (χ4n) is 5.59. The van der Waals surface area contributed by atoms with E-state index in [0.717, 1.165) is 30.7 Å². The number of nitrogens with one attached hydrogen (secondary N) is 1. The smallest absolute Gasteiger partial charge is 0.417 e. The molecule has 10 heteroatoms. The van der Waals surface area contributed by atoms with Crippen LogP contribution >= 0.6 is 0 Å². The average molecular weight is 455 g/mol. The van der Waals surface area contributed by atoms with Gasteiger partial charge >= 0.3 is 6.18 Å². The van der Waals surface area contributed by atoms with Crippen LogP contribution in [-0.2, 0) is 6.18 Å². The number of amides is 1. The van der Waals surface area contributed by atoms with Gasteiger partial charge in [-0.25, -0.2) is 9.97 Å². The minimum atomic E-state index is -4.43. The second kappa shape index (κ2) is 6.79. The molecule has 0 aromatic carbocycles. The normalized spacial score (nSPS) is 27.5. The fraction of sp³-hybridized carbons (Fsp3) is 0.391. The fourth-order valence-corrected chi connectivity index (χ4v) is 5.59. The molecule has 1 N–H and O–H groups in total. The number of rotatable bonds is 4. The SMILES string of the molecule is Cc1cnc(-c2ncco2)c(C(=O)N2CC3CC34CC(Nc3ccc(C(F)(F)F)cn3)C24)c1. The Kier molecular flexibility index (Phi) is 4.15. The molecule has 4 heterocycles. The number of aryl methyl sites for hydroxylation is 1. The first kappa shape index (κ1) is 20.2. The number of likely N-dealkylation sites (tertiary alicyclic amines) is 1. The van der Waals surface area contributed by atoms with Crippen molar-refractivity contribution in [2.75, 3.05) is 11.9 Å². The maximum absolute atomic E-state index is 13.7. The molecule has 1 amide bonds. The molecule has 3 aromatic heterocycles. The minimum absolute atomic E-state index is 0.0444. The zero-order chi connectivity index (χ0) is 23.0. The number of carbonyl (C=O) groups excluding carboxylic acids is 1. The summed E-state index contributed by atoms with van der Waals surface area (Å²) < 4.78 is 43.9. The Bertz CT molecular complexity index is 1230. The highest BCUT2D eigenvalue weighted by Gasteiger charge is 2.75. The lowest BCUT2D eigenvalue weighted by molar-refractivity contribution is -0.137. The summed E-state index contributed by atoms with van der Waals surface area (Å²) in [7, 11) is 0. The average Bonchev–Trinajstić information content (AvgIpc) is 3.14. The second-order valence-corrected chi connectivity index (χ2v) is 9.17. The number of nitrogens with zero attached hydrogens (tertiary/aromatic N) is 4. The summed E-state index contributed by atoms with van der Waals surface area (Å²) in [6, 6.07) is 4.03. The summed E-state index contributed by atoms with van der Waals surface area (Å²) in [5.74, 6) is 0.975. The number of alkyl halides is 3. The van der Waals surface area contributed by atoms with Crippen LogP contribution in [0.5, 0.6) is 0 Å². The Hall–Kier alpha value is -3.43. The van der Waals surface area contributed by atoms with Crippen LogP contribution in [0, 0.1) is 18.3 Å². The van der Waals surface area contributed by atoms with Gasteiger partial charge in [-0.05, 0) is 54.9 Å². The van der Waals surface area contributed by atoms with Crippen molar-refractivity contribution < 1.29 is 22.4 Å². The molecule has 7 nitrogen and oxygen atoms in total. The van der Waals surface area contributed by atoms with Gasteiger partial charge in [0.15, 0.2) is 0 Å². The number of hydrogen-bond acceptors (Lipinski definition) is 6. The van der Waals surface area contributed by atoms with Crippen molar-refractivity contribution >= 4 is 11.7 Å². The van der Waals surface area contributed by atoms with Gasteiger partial charge in [0, 0.05) is 25.0 Å². The highest BCUT2D eigenvalue weighted by atomic mass is 19.4. The standard InChI is InChI=1S/C23H20F3N5O2/c1-12-6-15(18(29-9-12)20-27-4-5-33-20)21(32)31-11-14-7-22(14)8-16(19(22)31)30-17-3-2-13(10-28-17)23(24,25)26/h2-6,9-10,14,16,19H,7-8,11H2,1H3,(H,28,30). The summed E-state index contributed by atoms with van der Waals surface area (Å²) in [4.78, 5) is 28.0. The molecule has 0 bridgehead atoms. The first-order valence-electron chi connectivity index (χ1n) is 10.7. The van der Waals surface area contributed by atoms with Gasteiger partial charge in [-0.1, -0.05) is 0 Å². The first-order chi connectivity index (χ1) is 15.8. The van der Waals surface area contributed by atoms with E-state index < -0.39 is 11.7 Å². The van der Waals surface area contributed by atoms with Gasteiger partial charge in [0.25, 0.3) is 5.91 Å². The predicted molar refractivity (Wildman–Crippen MR) is 111 cm³/mol. The Labute approximate surface area is 187 Å². The van der Waals surface area contributed by atoms with Crippen molar-refractivity contribution in [3.05, 3.63) is 59.7 Å². The molecule has 1 aliphatic heterocycles. The zero-order valence-electron chi connectivity index (χ0n) is 17.6. The molecule has 3 fully saturated rings. The molecule has 3 aliphatic rings. The van der Waals surface area contributed by atoms with E-state index in [9.17, 15) is 18.0 Å². The van der Waals surface area contributed by atoms with E-state index >= 15 is 0 Å². The largest absolute Gasteiger partial charge is 0.443 e. The monoisotopic (exact) mass is 455 g/mol. The van der Waals surface area contributed by atoms with Crippen molar-refractivity contribution in [1.29, 1.82) is 0 Å². The predicted octanol–water partition coefficient (Wildman–Crippen LogP) is 4.17. The Morgan fingerprint density at radius 2 is 2.06 bits per heavy atom. The topological polar surface area (TPSA) is 84.2 Å². The molecule has 170 valence electrons. The molecule has 2 aliphatic carbocycles. The van der Waals surface area contributed by atoms with Gasteiger partial charge < -0.3 is 14.6 Å². The van der Waals surface area contributed by atoms with Crippen LogP contribution in [-0.4, -0.2) is 44.4 Å². The van der Waals surface area contributed by atoms with Gasteiger partial charge in [0.05, 0.1) is 23.4 Å². The highest BCUT2D eigenvalue weighted by molar-refractivity contribution is 6.00. The van der Waals surface area contributed by atoms with E-state index in [1.807, 2.05) is 11.8 Å². The molecule has 4 unspecified atom stereocenters. The molecule has 0 radical (unpaired) electrons. The number of piperidine rings is 1. The van der Waals surface area contributed by atoms with E-state index in [0.29, 0.717) is 29.5 Å². The number of aromatic nitrogens is 3. The summed E-state index contributed by atoms with van der Waals surface area (Å²) >= 11 is 0. The van der Waals surface area contributed by atoms with Crippen molar-refractivity contribution in [1.82, 2.24) is 19.9 Å². The summed E-state index contributed by atoms with van der Waals surface area (Å²) in [6.07, 6.45) is 2.96. The number of pyridine rings is 2. The van der Waals surface area contributed by atoms with E-state index in [4.69, 9.17) is 4.42 Å². The van der Waals surface area contributed by atoms with Crippen molar-refractivity contribution in [3.63, 3.8) is 0 Å². The summed E-state index contributed by atoms with van der Waals surface area (Å²) in [5.41, 5.74) is 0.999. The summed E-state index contributed by atoms with van der Waals surface area (Å²) in [6.45, 7) is 2.52. The van der Waals surface area contributed by atoms with Gasteiger partial charge in [0.1, 0.15) is 17.8 Å². The van der Waals surface area contributed by atoms with Crippen LogP contribution in [0.4, 0.5) is 19.0 Å². The Morgan fingerprint density at radius 1 is 1.21 bits per heavy atom. The van der Waals surface area contributed by atoms with Crippen LogP contribution in [0.25, 0.3) is 11.6 Å². The van der Waals surface area contributed by atoms with Crippen LogP contribution < -0.4 is 5.32 Å². The van der Waals surface area contributed by atoms with Gasteiger partial charge in [0.2, 0.25) is 5.89 Å². The van der Waals surface area contributed by atoms with Crippen LogP contribution in [0.15, 0.2) is 47.5 Å². The van der Waals surface area contributed by atoms with Crippen LogP contribution in [0.3, 0.4) is 0 Å². The maximum atomic E-state index is 13.7. The second-order valence-electron chi connectivity index (χ2n) is 9.17. The van der Waals surface area contributed by atoms with E-state index in [1.54, 1.807) is 12.3 Å². The molecule has 2 saturated carbocycles. The van der Waals surface area contributed by atoms with Crippen molar-refractivity contribution in [2.24, 2.45) is 11.3 Å². The third-order valence-corrected chi connectivity index (χ3v) is 7.18. The minimum Gasteiger partial charge on any atom is -0.443 e. The Morgan fingerprint density at radius 3 is 2.76 bits per heavy atom. The molecule has 6 rings (SSSR count). The molecule has 4 atom stereocenters. The van der Waals surface area contributed by atoms with Crippen LogP contribution in [0.2, 0.25) is 0 Å². The quantitative estimate of drug-likeness (QED) is 0.636. The maximum Gasteiger partial charge on any atom is 0.417 e. The van der Waals surface area contributed by atoms with Gasteiger partial charge in [-0.15, -0.1) is 0 Å². The third-order valence-electron chi connectivity index (χ3n) is 7.18. The summed E-state index contributed by atoms with van der Waals surface area (Å²) in [5, 5.41) is 3.25. The molecular weight excluding hydrogens is 435 g/mol. The lowest BCUT2D eigenvalue weighted by Gasteiger charge is -2.48. The molecule has 3 aromatic rings. The zero-order valence-corrected chi connectivity index (χ0v) is 17.6. The molecule has 1 saturated heterocycles. The number of halogens is 3. The molecule has 1 spiro atoms. The molecular formula is C23H20F3N5O2. The number of anilines is 1. The molecule has 33 heavy (non-hydrogen) atoms. The van der Waals surface area contributed by atoms with E-state index in [-0.39, 0.29) is 29.3 Å². The van der Waals surface area contributed by atoms with Crippen molar-refractivity contribution in [3.8, 4) is 11.6 Å². The number of carbonyl (C=O) groups is 1. The number of hydrogen-bond donors (Lipinski definition) is 1. The lowest BCUT2D eigenvalue weighted by Crippen LogP contribution is -2.60. The van der Waals surface area contributed by atoms with E-state index in [2.05, 4.69) is 20.3 Å². The lowest BCUT2D eigenvalue weighted by atomic mass is 9.71. The van der Waals surface area contributed by atoms with E-state index in [1.165, 1.54) is 18.5 Å². The van der Waals surface area contributed by atoms with Crippen molar-refractivity contribution in [2.45, 2.75) is 38.0 Å². The number of oxazole rings is 1. The Balaban J connectivity index is 1.26.